The van der Waals surface area contributed by atoms with Crippen molar-refractivity contribution in [2.45, 2.75) is 19.4 Å². The van der Waals surface area contributed by atoms with E-state index in [1.165, 1.54) is 12.1 Å². The lowest BCUT2D eigenvalue weighted by Crippen LogP contribution is -2.42. The van der Waals surface area contributed by atoms with Gasteiger partial charge in [-0.1, -0.05) is 6.07 Å². The summed E-state index contributed by atoms with van der Waals surface area (Å²) in [6.45, 7) is 3.24. The van der Waals surface area contributed by atoms with Gasteiger partial charge in [-0.05, 0) is 43.3 Å². The Bertz CT molecular complexity index is 858. The van der Waals surface area contributed by atoms with Crippen LogP contribution in [0.25, 0.3) is 5.65 Å². The number of ether oxygens (including phenoxy) is 1. The number of rotatable bonds is 7. The summed E-state index contributed by atoms with van der Waals surface area (Å²) in [7, 11) is 1.73. The highest BCUT2D eigenvalue weighted by Gasteiger charge is 2.07. The lowest BCUT2D eigenvalue weighted by molar-refractivity contribution is 0.223. The average Bonchev–Trinajstić information content (AvgIpc) is 3.09. The molecule has 0 bridgehead atoms. The smallest absolute Gasteiger partial charge is 0.191 e. The van der Waals surface area contributed by atoms with Gasteiger partial charge in [-0.25, -0.2) is 9.37 Å². The summed E-state index contributed by atoms with van der Waals surface area (Å²) in [5.41, 5.74) is 1.97. The molecule has 142 valence electrons. The zero-order valence-electron chi connectivity index (χ0n) is 15.5. The number of benzene rings is 1. The van der Waals surface area contributed by atoms with Crippen LogP contribution in [0.15, 0.2) is 59.9 Å². The van der Waals surface area contributed by atoms with Gasteiger partial charge in [-0.3, -0.25) is 4.99 Å². The van der Waals surface area contributed by atoms with Crippen LogP contribution >= 0.6 is 0 Å². The van der Waals surface area contributed by atoms with Crippen LogP contribution in [-0.4, -0.2) is 41.6 Å². The molecule has 2 aromatic heterocycles. The second-order valence-corrected chi connectivity index (χ2v) is 6.21. The molecule has 0 aliphatic rings. The topological polar surface area (TPSA) is 63.0 Å². The third-order valence-electron chi connectivity index (χ3n) is 4.02. The molecule has 3 rings (SSSR count). The maximum atomic E-state index is 12.9. The second kappa shape index (κ2) is 9.02. The molecule has 0 spiro atoms. The molecule has 0 radical (unpaired) electrons. The van der Waals surface area contributed by atoms with E-state index in [2.05, 4.69) is 20.6 Å². The van der Waals surface area contributed by atoms with Crippen molar-refractivity contribution in [1.82, 2.24) is 20.0 Å². The third kappa shape index (κ3) is 5.44. The quantitative estimate of drug-likeness (QED) is 0.496. The number of fused-ring (bicyclic) bond motifs is 1. The molecule has 0 aliphatic heterocycles. The number of aromatic nitrogens is 2. The number of hydrogen-bond donors (Lipinski definition) is 2. The van der Waals surface area contributed by atoms with Gasteiger partial charge in [0.2, 0.25) is 0 Å². The predicted octanol–water partition coefficient (Wildman–Crippen LogP) is 2.65. The van der Waals surface area contributed by atoms with Crippen LogP contribution in [0.5, 0.6) is 5.75 Å². The fourth-order valence-electron chi connectivity index (χ4n) is 2.66. The van der Waals surface area contributed by atoms with Crippen molar-refractivity contribution in [3.8, 4) is 5.75 Å². The Morgan fingerprint density at radius 1 is 1.22 bits per heavy atom. The van der Waals surface area contributed by atoms with E-state index in [0.717, 1.165) is 24.3 Å². The summed E-state index contributed by atoms with van der Waals surface area (Å²) in [4.78, 5) is 8.79. The van der Waals surface area contributed by atoms with E-state index in [4.69, 9.17) is 4.74 Å². The zero-order chi connectivity index (χ0) is 19.1. The fourth-order valence-corrected chi connectivity index (χ4v) is 2.66. The number of pyridine rings is 1. The van der Waals surface area contributed by atoms with Crippen molar-refractivity contribution in [3.05, 3.63) is 66.4 Å². The molecule has 3 aromatic rings. The molecule has 7 heteroatoms. The lowest BCUT2D eigenvalue weighted by atomic mass is 10.3. The van der Waals surface area contributed by atoms with E-state index < -0.39 is 0 Å². The van der Waals surface area contributed by atoms with Crippen molar-refractivity contribution >= 4 is 11.6 Å². The molecular formula is C20H24FN5O. The van der Waals surface area contributed by atoms with Gasteiger partial charge in [0.15, 0.2) is 5.96 Å². The number of nitrogens with zero attached hydrogens (tertiary/aromatic N) is 3. The van der Waals surface area contributed by atoms with Gasteiger partial charge >= 0.3 is 0 Å². The first kappa shape index (κ1) is 18.7. The molecule has 0 aliphatic carbocycles. The van der Waals surface area contributed by atoms with Crippen molar-refractivity contribution in [3.63, 3.8) is 0 Å². The molecule has 2 heterocycles. The van der Waals surface area contributed by atoms with E-state index in [1.807, 2.05) is 41.9 Å². The normalized spacial score (nSPS) is 12.8. The van der Waals surface area contributed by atoms with E-state index in [1.54, 1.807) is 19.2 Å². The molecule has 1 unspecified atom stereocenters. The Balaban J connectivity index is 1.41. The number of aliphatic imine (C=N–C) groups is 1. The van der Waals surface area contributed by atoms with Gasteiger partial charge in [0.1, 0.15) is 23.3 Å². The molecule has 0 amide bonds. The zero-order valence-corrected chi connectivity index (χ0v) is 15.5. The number of halogens is 1. The Labute approximate surface area is 158 Å². The van der Waals surface area contributed by atoms with Crippen LogP contribution < -0.4 is 15.4 Å². The summed E-state index contributed by atoms with van der Waals surface area (Å²) in [5.74, 6) is 1.07. The van der Waals surface area contributed by atoms with Crippen molar-refractivity contribution in [2.75, 3.05) is 20.1 Å². The van der Waals surface area contributed by atoms with Crippen LogP contribution in [0.4, 0.5) is 4.39 Å². The molecule has 1 aromatic carbocycles. The summed E-state index contributed by atoms with van der Waals surface area (Å²) in [6, 6.07) is 12.0. The molecule has 0 fully saturated rings. The molecule has 6 nitrogen and oxygen atoms in total. The monoisotopic (exact) mass is 369 g/mol. The Morgan fingerprint density at radius 2 is 2.04 bits per heavy atom. The molecule has 2 N–H and O–H groups in total. The maximum Gasteiger partial charge on any atom is 0.191 e. The van der Waals surface area contributed by atoms with E-state index in [9.17, 15) is 4.39 Å². The lowest BCUT2D eigenvalue weighted by Gasteiger charge is -2.17. The highest BCUT2D eigenvalue weighted by Crippen LogP contribution is 2.12. The first-order valence-electron chi connectivity index (χ1n) is 8.93. The highest BCUT2D eigenvalue weighted by molar-refractivity contribution is 5.79. The van der Waals surface area contributed by atoms with E-state index in [-0.39, 0.29) is 11.9 Å². The van der Waals surface area contributed by atoms with E-state index in [0.29, 0.717) is 18.3 Å². The van der Waals surface area contributed by atoms with Gasteiger partial charge in [0, 0.05) is 32.4 Å². The number of imidazole rings is 1. The number of hydrogen-bond acceptors (Lipinski definition) is 3. The Kier molecular flexibility index (Phi) is 6.25. The van der Waals surface area contributed by atoms with E-state index >= 15 is 0 Å². The van der Waals surface area contributed by atoms with Crippen LogP contribution in [0, 0.1) is 5.82 Å². The van der Waals surface area contributed by atoms with Crippen molar-refractivity contribution in [1.29, 1.82) is 0 Å². The molecule has 1 atom stereocenters. The molecular weight excluding hydrogens is 345 g/mol. The Morgan fingerprint density at radius 3 is 2.78 bits per heavy atom. The Hall–Kier alpha value is -3.09. The standard InChI is InChI=1S/C20H24FN5O/c1-15(27-18-8-6-16(21)7-9-18)13-24-20(22-2)23-11-10-17-14-26-12-4-3-5-19(26)25-17/h3-9,12,14-15H,10-11,13H2,1-2H3,(H2,22,23,24). The minimum Gasteiger partial charge on any atom is -0.489 e. The van der Waals surface area contributed by atoms with Crippen LogP contribution in [0.2, 0.25) is 0 Å². The van der Waals surface area contributed by atoms with Gasteiger partial charge < -0.3 is 19.8 Å². The van der Waals surface area contributed by atoms with Gasteiger partial charge in [-0.15, -0.1) is 0 Å². The van der Waals surface area contributed by atoms with Crippen LogP contribution in [0.1, 0.15) is 12.6 Å². The van der Waals surface area contributed by atoms with Crippen LogP contribution in [0.3, 0.4) is 0 Å². The molecule has 27 heavy (non-hydrogen) atoms. The number of guanidine groups is 1. The third-order valence-corrected chi connectivity index (χ3v) is 4.02. The minimum absolute atomic E-state index is 0.0903. The van der Waals surface area contributed by atoms with Gasteiger partial charge in [-0.2, -0.15) is 0 Å². The van der Waals surface area contributed by atoms with Crippen molar-refractivity contribution in [2.24, 2.45) is 4.99 Å². The van der Waals surface area contributed by atoms with Gasteiger partial charge in [0.05, 0.1) is 12.2 Å². The highest BCUT2D eigenvalue weighted by atomic mass is 19.1. The van der Waals surface area contributed by atoms with Crippen LogP contribution in [-0.2, 0) is 6.42 Å². The molecule has 0 saturated carbocycles. The first-order valence-corrected chi connectivity index (χ1v) is 8.93. The van der Waals surface area contributed by atoms with Gasteiger partial charge in [0.25, 0.3) is 0 Å². The maximum absolute atomic E-state index is 12.9. The summed E-state index contributed by atoms with van der Waals surface area (Å²) < 4.78 is 20.7. The predicted molar refractivity (Wildman–Crippen MR) is 105 cm³/mol. The first-order chi connectivity index (χ1) is 13.1. The summed E-state index contributed by atoms with van der Waals surface area (Å²) in [6.07, 6.45) is 4.73. The van der Waals surface area contributed by atoms with Crippen molar-refractivity contribution < 1.29 is 9.13 Å². The summed E-state index contributed by atoms with van der Waals surface area (Å²) >= 11 is 0. The largest absolute Gasteiger partial charge is 0.489 e. The SMILES string of the molecule is CN=C(NCCc1cn2ccccc2n1)NCC(C)Oc1ccc(F)cc1. The minimum atomic E-state index is -0.275. The fraction of sp³-hybridized carbons (Fsp3) is 0.300. The number of nitrogens with one attached hydrogen (secondary N) is 2. The molecule has 0 saturated heterocycles. The second-order valence-electron chi connectivity index (χ2n) is 6.21. The average molecular weight is 369 g/mol. The summed E-state index contributed by atoms with van der Waals surface area (Å²) in [5, 5.41) is 6.50.